The Morgan fingerprint density at radius 1 is 1.05 bits per heavy atom. The van der Waals surface area contributed by atoms with Gasteiger partial charge in [-0.25, -0.2) is 4.98 Å². The normalized spacial score (nSPS) is 17.1. The van der Waals surface area contributed by atoms with Crippen LogP contribution in [0.4, 0.5) is 0 Å². The molecular formula is C16H18N4. The van der Waals surface area contributed by atoms with Gasteiger partial charge in [-0.2, -0.15) is 0 Å². The van der Waals surface area contributed by atoms with E-state index in [0.29, 0.717) is 5.92 Å². The maximum Gasteiger partial charge on any atom is 0.171 e. The molecule has 2 aromatic heterocycles. The smallest absolute Gasteiger partial charge is 0.171 e. The van der Waals surface area contributed by atoms with Gasteiger partial charge in [0, 0.05) is 11.3 Å². The molecule has 1 saturated carbocycles. The molecule has 0 spiro atoms. The van der Waals surface area contributed by atoms with Crippen molar-refractivity contribution >= 4 is 16.6 Å². The van der Waals surface area contributed by atoms with Crippen molar-refractivity contribution in [2.75, 3.05) is 0 Å². The van der Waals surface area contributed by atoms with Crippen molar-refractivity contribution in [2.24, 2.45) is 0 Å². The molecule has 1 aliphatic carbocycles. The standard InChI is InChI=1S/C16H18N4/c1-11-17-14-10-6-5-9-13(14)16-19-18-15(20(11)16)12-7-3-2-4-8-12/h5-6,9-10,12H,2-4,7-8H2,1H3. The maximum atomic E-state index is 4.71. The molecule has 4 nitrogen and oxygen atoms in total. The highest BCUT2D eigenvalue weighted by molar-refractivity contribution is 5.91. The van der Waals surface area contributed by atoms with E-state index in [9.17, 15) is 0 Å². The Morgan fingerprint density at radius 2 is 1.85 bits per heavy atom. The first-order chi connectivity index (χ1) is 9.84. The molecule has 0 amide bonds. The summed E-state index contributed by atoms with van der Waals surface area (Å²) in [6.45, 7) is 2.05. The van der Waals surface area contributed by atoms with Gasteiger partial charge in [-0.1, -0.05) is 31.4 Å². The molecule has 2 heterocycles. The van der Waals surface area contributed by atoms with Gasteiger partial charge >= 0.3 is 0 Å². The van der Waals surface area contributed by atoms with Gasteiger partial charge in [0.2, 0.25) is 0 Å². The number of aryl methyl sites for hydroxylation is 1. The second-order valence-corrected chi connectivity index (χ2v) is 5.73. The second kappa shape index (κ2) is 4.54. The molecule has 20 heavy (non-hydrogen) atoms. The Hall–Kier alpha value is -1.97. The number of benzene rings is 1. The number of hydrogen-bond acceptors (Lipinski definition) is 3. The zero-order valence-corrected chi connectivity index (χ0v) is 11.7. The molecule has 0 radical (unpaired) electrons. The Labute approximate surface area is 117 Å². The van der Waals surface area contributed by atoms with Crippen LogP contribution >= 0.6 is 0 Å². The number of aromatic nitrogens is 4. The fourth-order valence-electron chi connectivity index (χ4n) is 3.40. The first-order valence-electron chi connectivity index (χ1n) is 7.45. The molecule has 0 saturated heterocycles. The van der Waals surface area contributed by atoms with E-state index < -0.39 is 0 Å². The van der Waals surface area contributed by atoms with E-state index >= 15 is 0 Å². The highest BCUT2D eigenvalue weighted by Gasteiger charge is 2.22. The summed E-state index contributed by atoms with van der Waals surface area (Å²) in [6, 6.07) is 8.17. The third-order valence-electron chi connectivity index (χ3n) is 4.41. The minimum atomic E-state index is 0.542. The number of fused-ring (bicyclic) bond motifs is 3. The molecule has 1 fully saturated rings. The molecule has 0 atom stereocenters. The Bertz CT molecular complexity index is 769. The summed E-state index contributed by atoms with van der Waals surface area (Å²) in [4.78, 5) is 4.71. The molecule has 0 aliphatic heterocycles. The van der Waals surface area contributed by atoms with Crippen molar-refractivity contribution < 1.29 is 0 Å². The summed E-state index contributed by atoms with van der Waals surface area (Å²) >= 11 is 0. The summed E-state index contributed by atoms with van der Waals surface area (Å²) in [5.41, 5.74) is 1.95. The predicted octanol–water partition coefficient (Wildman–Crippen LogP) is 3.63. The predicted molar refractivity (Wildman–Crippen MR) is 78.9 cm³/mol. The summed E-state index contributed by atoms with van der Waals surface area (Å²) in [6.07, 6.45) is 6.42. The largest absolute Gasteiger partial charge is 0.266 e. The molecule has 0 bridgehead atoms. The lowest BCUT2D eigenvalue weighted by Crippen LogP contribution is -2.10. The van der Waals surface area contributed by atoms with Crippen LogP contribution in [0.25, 0.3) is 16.6 Å². The number of nitrogens with zero attached hydrogens (tertiary/aromatic N) is 4. The average Bonchev–Trinajstić information content (AvgIpc) is 2.94. The van der Waals surface area contributed by atoms with Gasteiger partial charge in [0.1, 0.15) is 11.6 Å². The number of hydrogen-bond donors (Lipinski definition) is 0. The minimum absolute atomic E-state index is 0.542. The van der Waals surface area contributed by atoms with E-state index in [-0.39, 0.29) is 0 Å². The first-order valence-corrected chi connectivity index (χ1v) is 7.45. The lowest BCUT2D eigenvalue weighted by Gasteiger charge is -2.20. The topological polar surface area (TPSA) is 43.1 Å². The molecule has 102 valence electrons. The monoisotopic (exact) mass is 266 g/mol. The Kier molecular flexibility index (Phi) is 2.69. The molecule has 1 aromatic carbocycles. The van der Waals surface area contributed by atoms with Crippen molar-refractivity contribution in [3.8, 4) is 0 Å². The average molecular weight is 266 g/mol. The van der Waals surface area contributed by atoms with E-state index in [2.05, 4.69) is 27.6 Å². The third-order valence-corrected chi connectivity index (χ3v) is 4.41. The highest BCUT2D eigenvalue weighted by Crippen LogP contribution is 2.32. The summed E-state index contributed by atoms with van der Waals surface area (Å²) < 4.78 is 2.16. The van der Waals surface area contributed by atoms with Crippen molar-refractivity contribution in [1.29, 1.82) is 0 Å². The molecule has 4 heteroatoms. The van der Waals surface area contributed by atoms with E-state index in [1.807, 2.05) is 18.2 Å². The van der Waals surface area contributed by atoms with Gasteiger partial charge in [0.15, 0.2) is 5.65 Å². The van der Waals surface area contributed by atoms with E-state index in [1.165, 1.54) is 32.1 Å². The number of para-hydroxylation sites is 1. The zero-order valence-electron chi connectivity index (χ0n) is 11.7. The van der Waals surface area contributed by atoms with Crippen LogP contribution in [-0.4, -0.2) is 19.6 Å². The maximum absolute atomic E-state index is 4.71. The minimum Gasteiger partial charge on any atom is -0.266 e. The van der Waals surface area contributed by atoms with Crippen LogP contribution in [0.5, 0.6) is 0 Å². The SMILES string of the molecule is Cc1nc2ccccc2c2nnc(C3CCCCC3)n12. The van der Waals surface area contributed by atoms with Gasteiger partial charge in [-0.3, -0.25) is 4.40 Å². The van der Waals surface area contributed by atoms with Gasteiger partial charge < -0.3 is 0 Å². The first kappa shape index (κ1) is 11.8. The molecule has 0 unspecified atom stereocenters. The quantitative estimate of drug-likeness (QED) is 0.675. The van der Waals surface area contributed by atoms with Crippen LogP contribution in [0.1, 0.15) is 49.7 Å². The lowest BCUT2D eigenvalue weighted by atomic mass is 9.89. The molecule has 1 aliphatic rings. The summed E-state index contributed by atoms with van der Waals surface area (Å²) in [5.74, 6) is 2.64. The molecular weight excluding hydrogens is 248 g/mol. The Balaban J connectivity index is 1.97. The number of rotatable bonds is 1. The van der Waals surface area contributed by atoms with E-state index in [1.54, 1.807) is 0 Å². The molecule has 0 N–H and O–H groups in total. The Morgan fingerprint density at radius 3 is 2.70 bits per heavy atom. The molecule has 3 aromatic rings. The van der Waals surface area contributed by atoms with Crippen LogP contribution in [0, 0.1) is 6.92 Å². The van der Waals surface area contributed by atoms with E-state index in [0.717, 1.165) is 28.2 Å². The third kappa shape index (κ3) is 1.71. The van der Waals surface area contributed by atoms with Crippen molar-refractivity contribution in [3.05, 3.63) is 35.9 Å². The van der Waals surface area contributed by atoms with Crippen LogP contribution in [-0.2, 0) is 0 Å². The fourth-order valence-corrected chi connectivity index (χ4v) is 3.40. The van der Waals surface area contributed by atoms with Crippen molar-refractivity contribution in [1.82, 2.24) is 19.6 Å². The van der Waals surface area contributed by atoms with Crippen molar-refractivity contribution in [3.63, 3.8) is 0 Å². The second-order valence-electron chi connectivity index (χ2n) is 5.73. The van der Waals surface area contributed by atoms with Crippen LogP contribution in [0.15, 0.2) is 24.3 Å². The lowest BCUT2D eigenvalue weighted by molar-refractivity contribution is 0.425. The van der Waals surface area contributed by atoms with Crippen LogP contribution in [0.3, 0.4) is 0 Å². The summed E-state index contributed by atoms with van der Waals surface area (Å²) in [5, 5.41) is 10.0. The van der Waals surface area contributed by atoms with Gasteiger partial charge in [0.25, 0.3) is 0 Å². The fraction of sp³-hybridized carbons (Fsp3) is 0.438. The van der Waals surface area contributed by atoms with Gasteiger partial charge in [-0.15, -0.1) is 10.2 Å². The zero-order chi connectivity index (χ0) is 13.5. The van der Waals surface area contributed by atoms with Gasteiger partial charge in [0.05, 0.1) is 5.52 Å². The highest BCUT2D eigenvalue weighted by atomic mass is 15.3. The summed E-state index contributed by atoms with van der Waals surface area (Å²) in [7, 11) is 0. The molecule has 4 rings (SSSR count). The van der Waals surface area contributed by atoms with Crippen molar-refractivity contribution in [2.45, 2.75) is 44.9 Å². The van der Waals surface area contributed by atoms with Crippen LogP contribution in [0.2, 0.25) is 0 Å². The van der Waals surface area contributed by atoms with Gasteiger partial charge in [-0.05, 0) is 31.9 Å². The van der Waals surface area contributed by atoms with E-state index in [4.69, 9.17) is 4.98 Å². The van der Waals surface area contributed by atoms with Crippen LogP contribution < -0.4 is 0 Å².